The molecule has 0 amide bonds. The second-order valence-corrected chi connectivity index (χ2v) is 11.2. The maximum Gasteiger partial charge on any atom is 0.472 e. The van der Waals surface area contributed by atoms with Crippen molar-refractivity contribution in [3.8, 4) is 0 Å². The maximum atomic E-state index is 12.2. The molecule has 0 heterocycles. The lowest BCUT2D eigenvalue weighted by molar-refractivity contribution is -0.870. The number of esters is 2. The standard InChI is InChI=1S/C24H48NO8P/c1-6-8-10-12-13-15-16-23(26)30-20-22(33-24(27)17-14-11-9-7-2)21-32-34(28,29)31-19-18-25(3,4)5/h22H,6-21H2,1-5H3/p+1/t22-/m1/s1. The predicted octanol–water partition coefficient (Wildman–Crippen LogP) is 5.00. The molecule has 0 aromatic heterocycles. The van der Waals surface area contributed by atoms with E-state index >= 15 is 0 Å². The van der Waals surface area contributed by atoms with Gasteiger partial charge in [-0.2, -0.15) is 0 Å². The van der Waals surface area contributed by atoms with Crippen LogP contribution >= 0.6 is 7.82 Å². The Morgan fingerprint density at radius 2 is 1.32 bits per heavy atom. The zero-order valence-electron chi connectivity index (χ0n) is 22.1. The van der Waals surface area contributed by atoms with E-state index in [1.807, 2.05) is 21.1 Å². The number of rotatable bonds is 22. The molecular formula is C24H49NO8P+. The second kappa shape index (κ2) is 19.2. The Kier molecular flexibility index (Phi) is 18.7. The van der Waals surface area contributed by atoms with Gasteiger partial charge in [-0.25, -0.2) is 4.57 Å². The Morgan fingerprint density at radius 3 is 1.91 bits per heavy atom. The molecule has 0 saturated heterocycles. The Balaban J connectivity index is 4.59. The average Bonchev–Trinajstić information content (AvgIpc) is 2.74. The Morgan fingerprint density at radius 1 is 0.794 bits per heavy atom. The molecule has 34 heavy (non-hydrogen) atoms. The quantitative estimate of drug-likeness (QED) is 0.0938. The molecule has 0 aliphatic heterocycles. The third kappa shape index (κ3) is 21.5. The van der Waals surface area contributed by atoms with E-state index in [1.54, 1.807) is 0 Å². The van der Waals surface area contributed by atoms with Crippen molar-refractivity contribution in [2.24, 2.45) is 0 Å². The topological polar surface area (TPSA) is 108 Å². The summed E-state index contributed by atoms with van der Waals surface area (Å²) < 4.78 is 33.4. The van der Waals surface area contributed by atoms with Gasteiger partial charge < -0.3 is 18.9 Å². The van der Waals surface area contributed by atoms with Crippen LogP contribution in [-0.4, -0.2) is 74.9 Å². The highest BCUT2D eigenvalue weighted by molar-refractivity contribution is 7.47. The highest BCUT2D eigenvalue weighted by Gasteiger charge is 2.27. The number of hydrogen-bond donors (Lipinski definition) is 1. The first-order valence-corrected chi connectivity index (χ1v) is 14.3. The number of ether oxygens (including phenoxy) is 2. The van der Waals surface area contributed by atoms with Crippen LogP contribution in [0.15, 0.2) is 0 Å². The number of quaternary nitrogens is 1. The van der Waals surface area contributed by atoms with E-state index in [1.165, 1.54) is 12.8 Å². The van der Waals surface area contributed by atoms with Gasteiger partial charge in [0.25, 0.3) is 0 Å². The molecule has 0 aromatic rings. The summed E-state index contributed by atoms with van der Waals surface area (Å²) in [7, 11) is 1.47. The van der Waals surface area contributed by atoms with Crippen LogP contribution in [-0.2, 0) is 32.7 Å². The number of nitrogens with zero attached hydrogens (tertiary/aromatic N) is 1. The number of phosphoric ester groups is 1. The van der Waals surface area contributed by atoms with Crippen LogP contribution in [0, 0.1) is 0 Å². The summed E-state index contributed by atoms with van der Waals surface area (Å²) in [6, 6.07) is 0. The summed E-state index contributed by atoms with van der Waals surface area (Å²) in [6.45, 7) is 4.16. The molecule has 10 heteroatoms. The first kappa shape index (κ1) is 33.0. The minimum Gasteiger partial charge on any atom is -0.462 e. The van der Waals surface area contributed by atoms with Crippen LogP contribution in [0.3, 0.4) is 0 Å². The van der Waals surface area contributed by atoms with Gasteiger partial charge in [0.15, 0.2) is 6.10 Å². The molecule has 0 rings (SSSR count). The fourth-order valence-electron chi connectivity index (χ4n) is 3.01. The Bertz CT molecular complexity index is 594. The molecule has 0 radical (unpaired) electrons. The van der Waals surface area contributed by atoms with Crippen molar-refractivity contribution in [1.29, 1.82) is 0 Å². The van der Waals surface area contributed by atoms with E-state index in [9.17, 15) is 19.0 Å². The van der Waals surface area contributed by atoms with Crippen molar-refractivity contribution in [1.82, 2.24) is 0 Å². The molecule has 0 aromatic carbocycles. The van der Waals surface area contributed by atoms with Gasteiger partial charge in [-0.05, 0) is 12.8 Å². The maximum absolute atomic E-state index is 12.2. The van der Waals surface area contributed by atoms with E-state index in [0.29, 0.717) is 17.4 Å². The summed E-state index contributed by atoms with van der Waals surface area (Å²) in [4.78, 5) is 34.2. The molecule has 0 aliphatic carbocycles. The van der Waals surface area contributed by atoms with Gasteiger partial charge in [-0.1, -0.05) is 65.2 Å². The van der Waals surface area contributed by atoms with E-state index in [2.05, 4.69) is 13.8 Å². The van der Waals surface area contributed by atoms with Gasteiger partial charge >= 0.3 is 19.8 Å². The zero-order chi connectivity index (χ0) is 25.9. The Hall–Kier alpha value is -0.990. The van der Waals surface area contributed by atoms with Crippen LogP contribution in [0.1, 0.15) is 90.9 Å². The SMILES string of the molecule is CCCCCCCCC(=O)OC[C@H](COP(=O)(O)OCC[N+](C)(C)C)OC(=O)CCCCCC. The van der Waals surface area contributed by atoms with Crippen LogP contribution in [0.5, 0.6) is 0 Å². The molecule has 0 spiro atoms. The van der Waals surface area contributed by atoms with Gasteiger partial charge in [-0.15, -0.1) is 0 Å². The van der Waals surface area contributed by atoms with Crippen molar-refractivity contribution in [3.63, 3.8) is 0 Å². The van der Waals surface area contributed by atoms with Crippen LogP contribution in [0.4, 0.5) is 0 Å². The summed E-state index contributed by atoms with van der Waals surface area (Å²) in [5, 5.41) is 0. The normalized spacial score (nSPS) is 14.4. The van der Waals surface area contributed by atoms with Gasteiger partial charge in [0.05, 0.1) is 27.7 Å². The second-order valence-electron chi connectivity index (χ2n) is 9.73. The van der Waals surface area contributed by atoms with Crippen molar-refractivity contribution < 1.29 is 42.1 Å². The van der Waals surface area contributed by atoms with Gasteiger partial charge in [-0.3, -0.25) is 18.6 Å². The molecule has 0 saturated carbocycles. The molecule has 0 aliphatic rings. The Labute approximate surface area is 206 Å². The smallest absolute Gasteiger partial charge is 0.462 e. The molecule has 202 valence electrons. The summed E-state index contributed by atoms with van der Waals surface area (Å²) >= 11 is 0. The molecule has 0 fully saturated rings. The van der Waals surface area contributed by atoms with Crippen molar-refractivity contribution in [2.45, 2.75) is 97.0 Å². The molecule has 0 bridgehead atoms. The number of hydrogen-bond acceptors (Lipinski definition) is 7. The highest BCUT2D eigenvalue weighted by atomic mass is 31.2. The number of carbonyl (C=O) groups excluding carboxylic acids is 2. The monoisotopic (exact) mass is 510 g/mol. The molecule has 1 N–H and O–H groups in total. The van der Waals surface area contributed by atoms with Crippen LogP contribution in [0.25, 0.3) is 0 Å². The summed E-state index contributed by atoms with van der Waals surface area (Å²) in [6.07, 6.45) is 9.59. The number of carbonyl (C=O) groups is 2. The molecule has 9 nitrogen and oxygen atoms in total. The van der Waals surface area contributed by atoms with E-state index in [4.69, 9.17) is 18.5 Å². The largest absolute Gasteiger partial charge is 0.472 e. The number of likely N-dealkylation sites (N-methyl/N-ethyl adjacent to an activating group) is 1. The van der Waals surface area contributed by atoms with Gasteiger partial charge in [0, 0.05) is 12.8 Å². The molecule has 1 unspecified atom stereocenters. The lowest BCUT2D eigenvalue weighted by Gasteiger charge is -2.24. The summed E-state index contributed by atoms with van der Waals surface area (Å²) in [5.74, 6) is -0.832. The number of phosphoric acid groups is 1. The predicted molar refractivity (Wildman–Crippen MR) is 132 cm³/mol. The number of unbranched alkanes of at least 4 members (excludes halogenated alkanes) is 8. The first-order chi connectivity index (χ1) is 16.0. The highest BCUT2D eigenvalue weighted by Crippen LogP contribution is 2.43. The van der Waals surface area contributed by atoms with Crippen LogP contribution in [0.2, 0.25) is 0 Å². The fraction of sp³-hybridized carbons (Fsp3) is 0.917. The van der Waals surface area contributed by atoms with Crippen molar-refractivity contribution in [3.05, 3.63) is 0 Å². The van der Waals surface area contributed by atoms with Gasteiger partial charge in [0.2, 0.25) is 0 Å². The first-order valence-electron chi connectivity index (χ1n) is 12.8. The molecule has 2 atom stereocenters. The average molecular weight is 511 g/mol. The van der Waals surface area contributed by atoms with E-state index in [-0.39, 0.29) is 32.0 Å². The zero-order valence-corrected chi connectivity index (χ0v) is 23.0. The third-order valence-corrected chi connectivity index (χ3v) is 6.12. The van der Waals surface area contributed by atoms with Crippen molar-refractivity contribution in [2.75, 3.05) is 47.5 Å². The van der Waals surface area contributed by atoms with E-state index < -0.39 is 26.5 Å². The van der Waals surface area contributed by atoms with Crippen LogP contribution < -0.4 is 0 Å². The lowest BCUT2D eigenvalue weighted by Crippen LogP contribution is -2.37. The third-order valence-electron chi connectivity index (χ3n) is 5.14. The summed E-state index contributed by atoms with van der Waals surface area (Å²) in [5.41, 5.74) is 0. The minimum atomic E-state index is -4.33. The minimum absolute atomic E-state index is 0.0341. The van der Waals surface area contributed by atoms with Gasteiger partial charge in [0.1, 0.15) is 19.8 Å². The fourth-order valence-corrected chi connectivity index (χ4v) is 3.75. The van der Waals surface area contributed by atoms with Crippen molar-refractivity contribution >= 4 is 19.8 Å². The lowest BCUT2D eigenvalue weighted by atomic mass is 10.1. The van der Waals surface area contributed by atoms with E-state index in [0.717, 1.165) is 44.9 Å². The molecular weight excluding hydrogens is 461 g/mol.